The predicted molar refractivity (Wildman–Crippen MR) is 134 cm³/mol. The minimum atomic E-state index is -3.80. The summed E-state index contributed by atoms with van der Waals surface area (Å²) in [7, 11) is -2.25. The van der Waals surface area contributed by atoms with E-state index in [-0.39, 0.29) is 18.0 Å². The van der Waals surface area contributed by atoms with Crippen molar-refractivity contribution in [1.29, 1.82) is 0 Å². The number of aliphatic hydroxyl groups excluding tert-OH is 1. The first kappa shape index (κ1) is 26.4. The number of ether oxygens (including phenoxy) is 2. The summed E-state index contributed by atoms with van der Waals surface area (Å²) >= 11 is 7.53. The second-order valence-electron chi connectivity index (χ2n) is 7.87. The quantitative estimate of drug-likeness (QED) is 0.369. The number of halogens is 1. The molecular formula is C24H29ClN2O5S2. The molecular weight excluding hydrogens is 496 g/mol. The molecule has 7 nitrogen and oxygen atoms in total. The van der Waals surface area contributed by atoms with Gasteiger partial charge in [0.2, 0.25) is 10.0 Å². The first-order chi connectivity index (χ1) is 16.2. The number of aryl methyl sites for hydroxylation is 1. The Morgan fingerprint density at radius 2 is 1.91 bits per heavy atom. The molecule has 0 aliphatic carbocycles. The van der Waals surface area contributed by atoms with Gasteiger partial charge in [0.05, 0.1) is 35.9 Å². The van der Waals surface area contributed by atoms with E-state index >= 15 is 0 Å². The Morgan fingerprint density at radius 1 is 1.18 bits per heavy atom. The maximum Gasteiger partial charge on any atom is 0.243 e. The van der Waals surface area contributed by atoms with E-state index in [1.807, 2.05) is 18.5 Å². The van der Waals surface area contributed by atoms with Gasteiger partial charge in [-0.2, -0.15) is 4.31 Å². The van der Waals surface area contributed by atoms with E-state index in [9.17, 15) is 13.5 Å². The Hall–Kier alpha value is -2.17. The van der Waals surface area contributed by atoms with Gasteiger partial charge in [-0.1, -0.05) is 17.7 Å². The molecule has 34 heavy (non-hydrogen) atoms. The molecule has 0 saturated carbocycles. The van der Waals surface area contributed by atoms with Crippen LogP contribution in [0.4, 0.5) is 0 Å². The van der Waals surface area contributed by atoms with Crippen LogP contribution in [-0.2, 0) is 23.0 Å². The highest BCUT2D eigenvalue weighted by Gasteiger charge is 2.25. The average molecular weight is 525 g/mol. The molecule has 1 aromatic heterocycles. The van der Waals surface area contributed by atoms with Gasteiger partial charge in [0.1, 0.15) is 0 Å². The fourth-order valence-electron chi connectivity index (χ4n) is 3.32. The second-order valence-corrected chi connectivity index (χ2v) is 11.2. The van der Waals surface area contributed by atoms with Crippen molar-refractivity contribution >= 4 is 33.0 Å². The van der Waals surface area contributed by atoms with Crippen LogP contribution in [0.3, 0.4) is 0 Å². The Bertz CT molecular complexity index is 1180. The minimum Gasteiger partial charge on any atom is -0.493 e. The van der Waals surface area contributed by atoms with Crippen molar-refractivity contribution in [3.05, 3.63) is 69.1 Å². The summed E-state index contributed by atoms with van der Waals surface area (Å²) in [6.45, 7) is 4.37. The van der Waals surface area contributed by atoms with Crippen molar-refractivity contribution in [3.63, 3.8) is 0 Å². The molecule has 0 saturated heterocycles. The molecule has 0 aliphatic rings. The molecule has 184 valence electrons. The summed E-state index contributed by atoms with van der Waals surface area (Å²) in [6, 6.07) is 11.4. The van der Waals surface area contributed by atoms with Gasteiger partial charge >= 0.3 is 0 Å². The van der Waals surface area contributed by atoms with E-state index in [2.05, 4.69) is 4.98 Å². The summed E-state index contributed by atoms with van der Waals surface area (Å²) in [6.07, 6.45) is 0.422. The Kier molecular flexibility index (Phi) is 9.32. The average Bonchev–Trinajstić information content (AvgIpc) is 3.21. The fourth-order valence-corrected chi connectivity index (χ4v) is 5.66. The van der Waals surface area contributed by atoms with Crippen LogP contribution in [0, 0.1) is 6.92 Å². The van der Waals surface area contributed by atoms with Crippen molar-refractivity contribution in [3.8, 4) is 11.5 Å². The Morgan fingerprint density at radius 3 is 2.53 bits per heavy atom. The van der Waals surface area contributed by atoms with Gasteiger partial charge in [-0.3, -0.25) is 0 Å². The summed E-state index contributed by atoms with van der Waals surface area (Å²) in [5.74, 6) is 1.11. The number of aromatic nitrogens is 1. The van der Waals surface area contributed by atoms with Crippen molar-refractivity contribution < 1.29 is 23.0 Å². The highest BCUT2D eigenvalue weighted by atomic mass is 35.5. The SMILES string of the molecule is COc1cc(CN(CCC(C)O)S(=O)(=O)c2ccc(Cl)cc2)ccc1OCCc1scnc1C. The lowest BCUT2D eigenvalue weighted by Gasteiger charge is -2.23. The third-order valence-corrected chi connectivity index (χ3v) is 8.37. The van der Waals surface area contributed by atoms with Gasteiger partial charge in [-0.15, -0.1) is 11.3 Å². The molecule has 0 amide bonds. The van der Waals surface area contributed by atoms with Crippen LogP contribution in [0.2, 0.25) is 5.02 Å². The molecule has 0 aliphatic heterocycles. The summed E-state index contributed by atoms with van der Waals surface area (Å²) in [5.41, 5.74) is 3.57. The van der Waals surface area contributed by atoms with Gasteiger partial charge < -0.3 is 14.6 Å². The second kappa shape index (κ2) is 12.0. The van der Waals surface area contributed by atoms with Crippen LogP contribution in [0.1, 0.15) is 29.5 Å². The largest absolute Gasteiger partial charge is 0.493 e. The van der Waals surface area contributed by atoms with Gasteiger partial charge in [0.25, 0.3) is 0 Å². The Labute approximate surface area is 210 Å². The van der Waals surface area contributed by atoms with Crippen molar-refractivity contribution in [1.82, 2.24) is 9.29 Å². The monoisotopic (exact) mass is 524 g/mol. The van der Waals surface area contributed by atoms with Crippen molar-refractivity contribution in [2.75, 3.05) is 20.3 Å². The van der Waals surface area contributed by atoms with E-state index in [1.54, 1.807) is 49.6 Å². The van der Waals surface area contributed by atoms with Gasteiger partial charge in [0, 0.05) is 29.4 Å². The van der Waals surface area contributed by atoms with Crippen molar-refractivity contribution in [2.45, 2.75) is 44.2 Å². The van der Waals surface area contributed by atoms with E-state index in [0.717, 1.165) is 17.7 Å². The molecule has 10 heteroatoms. The standard InChI is InChI=1S/C24H29ClN2O5S2/c1-17(28)10-12-27(34(29,30)21-7-5-20(25)6-8-21)15-19-4-9-22(23(14-19)31-3)32-13-11-24-18(2)26-16-33-24/h4-9,14,16-17,28H,10-13,15H2,1-3H3. The molecule has 2 aromatic carbocycles. The number of nitrogens with zero attached hydrogens (tertiary/aromatic N) is 2. The summed E-state index contributed by atoms with van der Waals surface area (Å²) < 4.78 is 39.4. The van der Waals surface area contributed by atoms with Crippen LogP contribution < -0.4 is 9.47 Å². The lowest BCUT2D eigenvalue weighted by molar-refractivity contribution is 0.173. The predicted octanol–water partition coefficient (Wildman–Crippen LogP) is 4.70. The number of hydrogen-bond acceptors (Lipinski definition) is 7. The number of aliphatic hydroxyl groups is 1. The van der Waals surface area contributed by atoms with Gasteiger partial charge in [-0.25, -0.2) is 13.4 Å². The third kappa shape index (κ3) is 6.93. The number of benzene rings is 2. The lowest BCUT2D eigenvalue weighted by atomic mass is 10.2. The molecule has 0 spiro atoms. The molecule has 1 N–H and O–H groups in total. The maximum atomic E-state index is 13.3. The fraction of sp³-hybridized carbons (Fsp3) is 0.375. The molecule has 3 rings (SSSR count). The minimum absolute atomic E-state index is 0.119. The molecule has 1 heterocycles. The first-order valence-electron chi connectivity index (χ1n) is 10.8. The highest BCUT2D eigenvalue weighted by Crippen LogP contribution is 2.30. The van der Waals surface area contributed by atoms with Crippen LogP contribution in [0.15, 0.2) is 52.9 Å². The Balaban J connectivity index is 1.77. The van der Waals surface area contributed by atoms with Crippen LogP contribution in [0.5, 0.6) is 11.5 Å². The summed E-state index contributed by atoms with van der Waals surface area (Å²) in [5, 5.41) is 10.2. The smallest absolute Gasteiger partial charge is 0.243 e. The van der Waals surface area contributed by atoms with E-state index in [1.165, 1.54) is 21.3 Å². The molecule has 0 fully saturated rings. The molecule has 1 atom stereocenters. The third-order valence-electron chi connectivity index (χ3n) is 5.27. The number of sulfonamides is 1. The normalized spacial score (nSPS) is 12.6. The van der Waals surface area contributed by atoms with E-state index in [4.69, 9.17) is 21.1 Å². The lowest BCUT2D eigenvalue weighted by Crippen LogP contribution is -2.33. The number of methoxy groups -OCH3 is 1. The molecule has 0 radical (unpaired) electrons. The van der Waals surface area contributed by atoms with Crippen LogP contribution in [-0.4, -0.2) is 49.2 Å². The van der Waals surface area contributed by atoms with Gasteiger partial charge in [0.15, 0.2) is 11.5 Å². The number of rotatable bonds is 12. The molecule has 3 aromatic rings. The topological polar surface area (TPSA) is 89.0 Å². The summed E-state index contributed by atoms with van der Waals surface area (Å²) in [4.78, 5) is 5.57. The van der Waals surface area contributed by atoms with Crippen LogP contribution in [0.25, 0.3) is 0 Å². The van der Waals surface area contributed by atoms with Gasteiger partial charge in [-0.05, 0) is 62.2 Å². The number of hydrogen-bond donors (Lipinski definition) is 1. The zero-order valence-electron chi connectivity index (χ0n) is 19.4. The highest BCUT2D eigenvalue weighted by molar-refractivity contribution is 7.89. The molecule has 1 unspecified atom stereocenters. The van der Waals surface area contributed by atoms with Crippen LogP contribution >= 0.6 is 22.9 Å². The van der Waals surface area contributed by atoms with E-state index in [0.29, 0.717) is 29.5 Å². The van der Waals surface area contributed by atoms with E-state index < -0.39 is 16.1 Å². The zero-order chi connectivity index (χ0) is 24.7. The molecule has 0 bridgehead atoms. The van der Waals surface area contributed by atoms with Crippen molar-refractivity contribution in [2.24, 2.45) is 0 Å². The number of thiazole rings is 1. The first-order valence-corrected chi connectivity index (χ1v) is 13.5. The zero-order valence-corrected chi connectivity index (χ0v) is 21.8. The maximum absolute atomic E-state index is 13.3.